The van der Waals surface area contributed by atoms with Gasteiger partial charge in [-0.2, -0.15) is 4.98 Å². The van der Waals surface area contributed by atoms with E-state index in [9.17, 15) is 9.18 Å². The first-order valence-corrected chi connectivity index (χ1v) is 9.16. The molecule has 0 saturated heterocycles. The number of amides is 1. The molecule has 0 radical (unpaired) electrons. The van der Waals surface area contributed by atoms with Crippen molar-refractivity contribution in [3.05, 3.63) is 42.0 Å². The smallest absolute Gasteiger partial charge is 0.407 e. The number of carbonyl (C=O) groups is 1. The van der Waals surface area contributed by atoms with Gasteiger partial charge < -0.3 is 19.3 Å². The molecule has 0 bridgehead atoms. The molecular formula is C20H24FN3O4. The molecule has 2 aromatic rings. The number of carbonyl (C=O) groups excluding carboxylic acids is 1. The number of halogens is 1. The van der Waals surface area contributed by atoms with E-state index in [2.05, 4.69) is 15.5 Å². The Hall–Kier alpha value is -2.90. The van der Waals surface area contributed by atoms with E-state index in [4.69, 9.17) is 14.0 Å². The maximum Gasteiger partial charge on any atom is 0.407 e. The van der Waals surface area contributed by atoms with Crippen LogP contribution in [0.4, 0.5) is 9.18 Å². The van der Waals surface area contributed by atoms with Crippen molar-refractivity contribution in [3.63, 3.8) is 0 Å². The van der Waals surface area contributed by atoms with Crippen molar-refractivity contribution in [1.82, 2.24) is 15.5 Å². The van der Waals surface area contributed by atoms with Crippen LogP contribution in [0, 0.1) is 0 Å². The predicted octanol–water partition coefficient (Wildman–Crippen LogP) is 4.37. The van der Waals surface area contributed by atoms with E-state index >= 15 is 0 Å². The third-order valence-corrected chi connectivity index (χ3v) is 3.92. The third kappa shape index (κ3) is 5.80. The molecular weight excluding hydrogens is 365 g/mol. The Morgan fingerprint density at radius 3 is 2.64 bits per heavy atom. The Morgan fingerprint density at radius 1 is 1.32 bits per heavy atom. The molecule has 0 spiro atoms. The zero-order chi connectivity index (χ0) is 20.1. The molecule has 1 aromatic carbocycles. The predicted molar refractivity (Wildman–Crippen MR) is 101 cm³/mol. The second-order valence-electron chi connectivity index (χ2n) is 7.67. The summed E-state index contributed by atoms with van der Waals surface area (Å²) in [4.78, 5) is 16.0. The van der Waals surface area contributed by atoms with Crippen LogP contribution in [0.3, 0.4) is 0 Å². The van der Waals surface area contributed by atoms with Gasteiger partial charge in [-0.25, -0.2) is 9.18 Å². The number of benzene rings is 1. The minimum Gasteiger partial charge on any atom is -0.489 e. The molecule has 1 amide bonds. The van der Waals surface area contributed by atoms with Crippen LogP contribution in [0.1, 0.15) is 45.4 Å². The van der Waals surface area contributed by atoms with Crippen LogP contribution in [-0.4, -0.2) is 35.0 Å². The molecule has 1 heterocycles. The highest BCUT2D eigenvalue weighted by Gasteiger charge is 2.28. The Labute approximate surface area is 162 Å². The summed E-state index contributed by atoms with van der Waals surface area (Å²) in [7, 11) is 0. The number of rotatable bonds is 7. The molecule has 28 heavy (non-hydrogen) atoms. The van der Waals surface area contributed by atoms with Gasteiger partial charge in [0.15, 0.2) is 5.82 Å². The zero-order valence-electron chi connectivity index (χ0n) is 16.2. The molecule has 1 saturated carbocycles. The molecule has 0 atom stereocenters. The lowest BCUT2D eigenvalue weighted by Crippen LogP contribution is -2.34. The summed E-state index contributed by atoms with van der Waals surface area (Å²) in [6.07, 6.45) is 2.03. The van der Waals surface area contributed by atoms with Gasteiger partial charge >= 0.3 is 6.09 Å². The number of alkyl carbamates (subject to hydrolysis) is 1. The minimum atomic E-state index is -0.611. The highest BCUT2D eigenvalue weighted by Crippen LogP contribution is 2.38. The van der Waals surface area contributed by atoms with Gasteiger partial charge in [-0.3, -0.25) is 0 Å². The van der Waals surface area contributed by atoms with Crippen LogP contribution in [-0.2, 0) is 4.74 Å². The summed E-state index contributed by atoms with van der Waals surface area (Å²) in [5, 5.41) is 6.49. The largest absolute Gasteiger partial charge is 0.489 e. The topological polar surface area (TPSA) is 86.5 Å². The Bertz CT molecular complexity index is 836. The monoisotopic (exact) mass is 389 g/mol. The van der Waals surface area contributed by atoms with E-state index in [1.165, 1.54) is 0 Å². The van der Waals surface area contributed by atoms with Gasteiger partial charge in [-0.1, -0.05) is 5.16 Å². The van der Waals surface area contributed by atoms with Gasteiger partial charge in [0.25, 0.3) is 5.89 Å². The lowest BCUT2D eigenvalue weighted by Gasteiger charge is -2.20. The number of aromatic nitrogens is 2. The first kappa shape index (κ1) is 19.9. The van der Waals surface area contributed by atoms with Crippen LogP contribution in [0.2, 0.25) is 0 Å². The first-order valence-electron chi connectivity index (χ1n) is 9.16. The molecule has 7 nitrogen and oxygen atoms in total. The zero-order valence-corrected chi connectivity index (χ0v) is 16.2. The van der Waals surface area contributed by atoms with Crippen molar-refractivity contribution in [3.8, 4) is 17.2 Å². The molecule has 1 aliphatic rings. The molecule has 0 unspecified atom stereocenters. The normalized spacial score (nSPS) is 14.6. The maximum atomic E-state index is 13.0. The van der Waals surface area contributed by atoms with Crippen LogP contribution < -0.4 is 10.1 Å². The second-order valence-corrected chi connectivity index (χ2v) is 7.67. The van der Waals surface area contributed by atoms with E-state index in [1.807, 2.05) is 0 Å². The standard InChI is InChI=1S/C20H24FN3O4/c1-20(2,3)27-19(25)22-11-13(10-21)12-26-16-8-6-15(7-9-16)18-23-17(24-28-18)14-4-5-14/h6-10,14H,4-5,11-12H2,1-3H3,(H,22,25)/b13-10+. The van der Waals surface area contributed by atoms with Crippen LogP contribution in [0.15, 0.2) is 40.7 Å². The average Bonchev–Trinajstić information content (AvgIpc) is 3.38. The van der Waals surface area contributed by atoms with Crippen molar-refractivity contribution in [2.45, 2.75) is 45.1 Å². The summed E-state index contributed by atoms with van der Waals surface area (Å²) in [6.45, 7) is 5.26. The van der Waals surface area contributed by atoms with E-state index in [0.29, 0.717) is 23.9 Å². The molecule has 1 fully saturated rings. The highest BCUT2D eigenvalue weighted by atomic mass is 19.1. The lowest BCUT2D eigenvalue weighted by atomic mass is 10.2. The highest BCUT2D eigenvalue weighted by molar-refractivity contribution is 5.68. The van der Waals surface area contributed by atoms with E-state index in [1.54, 1.807) is 45.0 Å². The van der Waals surface area contributed by atoms with E-state index in [-0.39, 0.29) is 18.7 Å². The Kier molecular flexibility index (Phi) is 5.96. The van der Waals surface area contributed by atoms with Crippen molar-refractivity contribution in [2.75, 3.05) is 13.2 Å². The summed E-state index contributed by atoms with van der Waals surface area (Å²) >= 11 is 0. The van der Waals surface area contributed by atoms with E-state index < -0.39 is 11.7 Å². The Balaban J connectivity index is 1.48. The summed E-state index contributed by atoms with van der Waals surface area (Å²) in [5.41, 5.74) is 0.459. The molecule has 8 heteroatoms. The molecule has 1 aromatic heterocycles. The van der Waals surface area contributed by atoms with Crippen molar-refractivity contribution < 1.29 is 23.2 Å². The van der Waals surface area contributed by atoms with Gasteiger partial charge in [0.2, 0.25) is 0 Å². The van der Waals surface area contributed by atoms with Gasteiger partial charge in [-0.05, 0) is 57.9 Å². The quantitative estimate of drug-likeness (QED) is 0.757. The first-order chi connectivity index (χ1) is 13.3. The number of ether oxygens (including phenoxy) is 2. The van der Waals surface area contributed by atoms with Crippen molar-refractivity contribution >= 4 is 6.09 Å². The minimum absolute atomic E-state index is 0.00195. The Morgan fingerprint density at radius 2 is 2.04 bits per heavy atom. The molecule has 0 aliphatic heterocycles. The third-order valence-electron chi connectivity index (χ3n) is 3.92. The molecule has 3 rings (SSSR count). The van der Waals surface area contributed by atoms with E-state index in [0.717, 1.165) is 24.2 Å². The summed E-state index contributed by atoms with van der Waals surface area (Å²) < 4.78 is 29.0. The molecule has 1 aliphatic carbocycles. The van der Waals surface area contributed by atoms with Crippen molar-refractivity contribution in [2.24, 2.45) is 0 Å². The average molecular weight is 389 g/mol. The van der Waals surface area contributed by atoms with Crippen molar-refractivity contribution in [1.29, 1.82) is 0 Å². The van der Waals surface area contributed by atoms with Crippen LogP contribution in [0.5, 0.6) is 5.75 Å². The van der Waals surface area contributed by atoms with Gasteiger partial charge in [0.1, 0.15) is 18.0 Å². The number of hydrogen-bond acceptors (Lipinski definition) is 6. The maximum absolute atomic E-state index is 13.0. The molecule has 150 valence electrons. The van der Waals surface area contributed by atoms with Crippen LogP contribution >= 0.6 is 0 Å². The van der Waals surface area contributed by atoms with Gasteiger partial charge in [-0.15, -0.1) is 0 Å². The summed E-state index contributed by atoms with van der Waals surface area (Å²) in [6, 6.07) is 7.09. The fourth-order valence-corrected chi connectivity index (χ4v) is 2.35. The number of nitrogens with zero attached hydrogens (tertiary/aromatic N) is 2. The van der Waals surface area contributed by atoms with Gasteiger partial charge in [0, 0.05) is 23.6 Å². The summed E-state index contributed by atoms with van der Waals surface area (Å²) in [5.74, 6) is 2.22. The number of nitrogens with one attached hydrogen (secondary N) is 1. The SMILES string of the molecule is CC(C)(C)OC(=O)NC/C(=C\F)COc1ccc(-c2nc(C3CC3)no2)cc1. The fraction of sp³-hybridized carbons (Fsp3) is 0.450. The second kappa shape index (κ2) is 8.41. The fourth-order valence-electron chi connectivity index (χ4n) is 2.35. The van der Waals surface area contributed by atoms with Crippen LogP contribution in [0.25, 0.3) is 11.5 Å². The lowest BCUT2D eigenvalue weighted by molar-refractivity contribution is 0.0531. The molecule has 1 N–H and O–H groups in total. The van der Waals surface area contributed by atoms with Gasteiger partial charge in [0.05, 0.1) is 6.33 Å². The number of hydrogen-bond donors (Lipinski definition) is 1.